The third-order valence-corrected chi connectivity index (χ3v) is 10.3. The summed E-state index contributed by atoms with van der Waals surface area (Å²) >= 11 is 0. The van der Waals surface area contributed by atoms with Crippen LogP contribution in [0.15, 0.2) is 60.7 Å². The number of hydrogen-bond acceptors (Lipinski definition) is 11. The van der Waals surface area contributed by atoms with Gasteiger partial charge in [0.25, 0.3) is 0 Å². The third kappa shape index (κ3) is 4.45. The lowest BCUT2D eigenvalue weighted by Gasteiger charge is -2.42. The minimum Gasteiger partial charge on any atom is -0.497 e. The van der Waals surface area contributed by atoms with E-state index in [0.717, 1.165) is 33.4 Å². The fraction of sp³-hybridized carbons (Fsp3) is 0.368. The molecule has 1 saturated heterocycles. The molecule has 0 saturated carbocycles. The Hall–Kier alpha value is -4.84. The standard InChI is InChI=1S/C38H38O11/c1-40-23-7-9-25-26-15-33(44-5)31(42-3)11-21(26)17-36(39,19-46-29(25)13-23)35-48-37-18-22-12-32(43-4)34(45-6)16-28(22)38(37,49-35)27-10-8-24(41-2)14-30(27)47-20-37/h7-16,35,39H,17-20H2,1-6H3/t35-,36-,37-,38-/m1/s1. The van der Waals surface area contributed by atoms with E-state index >= 15 is 0 Å². The Kier molecular flexibility index (Phi) is 7.29. The second kappa shape index (κ2) is 11.4. The first-order valence-corrected chi connectivity index (χ1v) is 16.0. The maximum absolute atomic E-state index is 12.8. The topological polar surface area (TPSA) is 113 Å². The molecule has 4 aromatic rings. The van der Waals surface area contributed by atoms with Crippen molar-refractivity contribution in [1.29, 1.82) is 0 Å². The quantitative estimate of drug-likeness (QED) is 0.284. The average Bonchev–Trinajstić information content (AvgIpc) is 3.62. The van der Waals surface area contributed by atoms with Crippen LogP contribution >= 0.6 is 0 Å². The maximum atomic E-state index is 12.8. The highest BCUT2D eigenvalue weighted by Crippen LogP contribution is 2.64. The fourth-order valence-corrected chi connectivity index (χ4v) is 7.88. The highest BCUT2D eigenvalue weighted by atomic mass is 16.8. The Morgan fingerprint density at radius 3 is 1.88 bits per heavy atom. The van der Waals surface area contributed by atoms with Crippen LogP contribution in [0.2, 0.25) is 0 Å². The summed E-state index contributed by atoms with van der Waals surface area (Å²) in [5, 5.41) is 12.8. The van der Waals surface area contributed by atoms with Crippen molar-refractivity contribution >= 4 is 0 Å². The van der Waals surface area contributed by atoms with Gasteiger partial charge in [-0.15, -0.1) is 0 Å². The molecule has 4 aromatic carbocycles. The summed E-state index contributed by atoms with van der Waals surface area (Å²) < 4.78 is 61.0. The van der Waals surface area contributed by atoms with E-state index in [1.807, 2.05) is 54.6 Å². The van der Waals surface area contributed by atoms with E-state index in [1.54, 1.807) is 48.7 Å². The second-order valence-electron chi connectivity index (χ2n) is 12.7. The van der Waals surface area contributed by atoms with Crippen LogP contribution in [0, 0.1) is 0 Å². The van der Waals surface area contributed by atoms with E-state index in [-0.39, 0.29) is 19.6 Å². The van der Waals surface area contributed by atoms with Crippen molar-refractivity contribution < 1.29 is 52.5 Å². The Morgan fingerprint density at radius 2 is 1.18 bits per heavy atom. The lowest BCUT2D eigenvalue weighted by molar-refractivity contribution is -0.218. The SMILES string of the molecule is COc1ccc2c(c1)OC[C@@](O)([C@@H]1O[C@]34COc5cc(OC)ccc5[C@@]3(O1)c1cc(OC)c(OC)cc1C4)Cc1cc(OC)c(OC)cc1-2. The van der Waals surface area contributed by atoms with Gasteiger partial charge in [-0.25, -0.2) is 0 Å². The van der Waals surface area contributed by atoms with Gasteiger partial charge >= 0.3 is 0 Å². The van der Waals surface area contributed by atoms with Crippen molar-refractivity contribution in [3.63, 3.8) is 0 Å². The molecule has 8 rings (SSSR count). The van der Waals surface area contributed by atoms with Gasteiger partial charge in [0.05, 0.1) is 42.7 Å². The monoisotopic (exact) mass is 670 g/mol. The minimum atomic E-state index is -1.69. The number of hydrogen-bond donors (Lipinski definition) is 1. The van der Waals surface area contributed by atoms with Crippen molar-refractivity contribution in [1.82, 2.24) is 0 Å². The summed E-state index contributed by atoms with van der Waals surface area (Å²) in [6, 6.07) is 18.9. The van der Waals surface area contributed by atoms with E-state index in [1.165, 1.54) is 0 Å². The molecular formula is C38H38O11. The molecule has 4 atom stereocenters. The first kappa shape index (κ1) is 31.4. The molecule has 1 N–H and O–H groups in total. The summed E-state index contributed by atoms with van der Waals surface area (Å²) in [5.74, 6) is 4.61. The number of rotatable bonds is 7. The van der Waals surface area contributed by atoms with E-state index in [4.69, 9.17) is 47.4 Å². The molecule has 256 valence electrons. The summed E-state index contributed by atoms with van der Waals surface area (Å²) in [5.41, 5.74) is 1.09. The molecule has 0 spiro atoms. The van der Waals surface area contributed by atoms with Gasteiger partial charge in [0.1, 0.15) is 41.8 Å². The molecule has 0 amide bonds. The van der Waals surface area contributed by atoms with Gasteiger partial charge in [-0.3, -0.25) is 0 Å². The number of benzene rings is 4. The largest absolute Gasteiger partial charge is 0.497 e. The van der Waals surface area contributed by atoms with Crippen LogP contribution in [-0.2, 0) is 27.9 Å². The van der Waals surface area contributed by atoms with Crippen molar-refractivity contribution in [3.05, 3.63) is 82.9 Å². The second-order valence-corrected chi connectivity index (χ2v) is 12.7. The molecule has 1 aliphatic carbocycles. The summed E-state index contributed by atoms with van der Waals surface area (Å²) in [6.45, 7) is 0.00839. The molecule has 0 bridgehead atoms. The zero-order valence-electron chi connectivity index (χ0n) is 28.2. The van der Waals surface area contributed by atoms with E-state index in [0.29, 0.717) is 52.4 Å². The molecule has 3 aliphatic heterocycles. The molecule has 11 nitrogen and oxygen atoms in total. The molecule has 0 unspecified atom stereocenters. The maximum Gasteiger partial charge on any atom is 0.192 e. The zero-order valence-corrected chi connectivity index (χ0v) is 28.2. The first-order chi connectivity index (χ1) is 23.7. The number of aliphatic hydroxyl groups is 1. The molecule has 11 heteroatoms. The Morgan fingerprint density at radius 1 is 0.571 bits per heavy atom. The van der Waals surface area contributed by atoms with Crippen LogP contribution in [0.3, 0.4) is 0 Å². The highest BCUT2D eigenvalue weighted by molar-refractivity contribution is 5.77. The van der Waals surface area contributed by atoms with Crippen molar-refractivity contribution in [3.8, 4) is 57.1 Å². The van der Waals surface area contributed by atoms with Gasteiger partial charge in [0.15, 0.2) is 40.5 Å². The normalized spacial score (nSPS) is 25.7. The van der Waals surface area contributed by atoms with Crippen LogP contribution < -0.4 is 37.9 Å². The molecule has 4 aliphatic rings. The van der Waals surface area contributed by atoms with Gasteiger partial charge in [-0.05, 0) is 70.8 Å². The van der Waals surface area contributed by atoms with Gasteiger partial charge in [0, 0.05) is 36.1 Å². The van der Waals surface area contributed by atoms with Gasteiger partial charge in [0.2, 0.25) is 0 Å². The van der Waals surface area contributed by atoms with Crippen LogP contribution in [-0.4, -0.2) is 78.5 Å². The van der Waals surface area contributed by atoms with Crippen LogP contribution in [0.4, 0.5) is 0 Å². The fourth-order valence-electron chi connectivity index (χ4n) is 7.88. The van der Waals surface area contributed by atoms with Gasteiger partial charge < -0.3 is 52.5 Å². The van der Waals surface area contributed by atoms with Crippen molar-refractivity contribution in [2.24, 2.45) is 0 Å². The Balaban J connectivity index is 1.29. The van der Waals surface area contributed by atoms with Crippen molar-refractivity contribution in [2.75, 3.05) is 55.9 Å². The lowest BCUT2D eigenvalue weighted by Crippen LogP contribution is -2.54. The highest BCUT2D eigenvalue weighted by Gasteiger charge is 2.72. The summed E-state index contributed by atoms with van der Waals surface area (Å²) in [4.78, 5) is 0. The number of methoxy groups -OCH3 is 6. The van der Waals surface area contributed by atoms with Crippen LogP contribution in [0.1, 0.15) is 22.3 Å². The molecule has 0 aromatic heterocycles. The molecule has 49 heavy (non-hydrogen) atoms. The smallest absolute Gasteiger partial charge is 0.192 e. The molecular weight excluding hydrogens is 632 g/mol. The molecule has 0 radical (unpaired) electrons. The van der Waals surface area contributed by atoms with Crippen LogP contribution in [0.25, 0.3) is 11.1 Å². The average molecular weight is 671 g/mol. The van der Waals surface area contributed by atoms with Crippen molar-refractivity contribution in [2.45, 2.75) is 35.9 Å². The first-order valence-electron chi connectivity index (χ1n) is 16.0. The van der Waals surface area contributed by atoms with E-state index in [2.05, 4.69) is 0 Å². The minimum absolute atomic E-state index is 0.111. The third-order valence-electron chi connectivity index (χ3n) is 10.3. The Labute approximate surface area is 284 Å². The van der Waals surface area contributed by atoms with E-state index < -0.39 is 23.1 Å². The van der Waals surface area contributed by atoms with Gasteiger partial charge in [-0.2, -0.15) is 0 Å². The zero-order chi connectivity index (χ0) is 34.1. The summed E-state index contributed by atoms with van der Waals surface area (Å²) in [7, 11) is 9.59. The number of ether oxygens (including phenoxy) is 10. The predicted molar refractivity (Wildman–Crippen MR) is 177 cm³/mol. The Bertz CT molecular complexity index is 1960. The van der Waals surface area contributed by atoms with Gasteiger partial charge in [-0.1, -0.05) is 0 Å². The molecule has 1 fully saturated rings. The van der Waals surface area contributed by atoms with Crippen LogP contribution in [0.5, 0.6) is 46.0 Å². The lowest BCUT2D eigenvalue weighted by atomic mass is 9.76. The molecule has 3 heterocycles. The number of fused-ring (bicyclic) bond motifs is 5. The summed E-state index contributed by atoms with van der Waals surface area (Å²) in [6.07, 6.45) is -0.609. The predicted octanol–water partition coefficient (Wildman–Crippen LogP) is 5.08. The van der Waals surface area contributed by atoms with E-state index in [9.17, 15) is 5.11 Å².